The summed E-state index contributed by atoms with van der Waals surface area (Å²) in [6, 6.07) is 6.23. The van der Waals surface area contributed by atoms with Crippen LogP contribution in [0, 0.1) is 29.6 Å². The second kappa shape index (κ2) is 8.90. The topological polar surface area (TPSA) is 55.8 Å². The van der Waals surface area contributed by atoms with Gasteiger partial charge in [0.2, 0.25) is 0 Å². The number of methoxy groups -OCH3 is 1. The summed E-state index contributed by atoms with van der Waals surface area (Å²) in [6.07, 6.45) is 7.55. The van der Waals surface area contributed by atoms with Crippen molar-refractivity contribution in [1.29, 1.82) is 0 Å². The molecule has 2 aliphatic carbocycles. The summed E-state index contributed by atoms with van der Waals surface area (Å²) in [4.78, 5) is 12.3. The van der Waals surface area contributed by atoms with E-state index in [1.807, 2.05) is 13.0 Å². The quantitative estimate of drug-likeness (QED) is 0.587. The van der Waals surface area contributed by atoms with Crippen LogP contribution in [0.15, 0.2) is 18.2 Å². The van der Waals surface area contributed by atoms with Gasteiger partial charge in [0.1, 0.15) is 11.9 Å². The monoisotopic (exact) mass is 414 g/mol. The van der Waals surface area contributed by atoms with Crippen molar-refractivity contribution < 1.29 is 19.4 Å². The number of esters is 1. The van der Waals surface area contributed by atoms with Crippen molar-refractivity contribution >= 4 is 5.97 Å². The van der Waals surface area contributed by atoms with Gasteiger partial charge in [-0.3, -0.25) is 4.79 Å². The van der Waals surface area contributed by atoms with Crippen molar-refractivity contribution in [3.05, 3.63) is 29.3 Å². The number of carbonyl (C=O) groups excluding carboxylic acids is 1. The van der Waals surface area contributed by atoms with Gasteiger partial charge in [0.25, 0.3) is 0 Å². The number of aliphatic hydroxyl groups is 1. The van der Waals surface area contributed by atoms with Crippen molar-refractivity contribution in [1.82, 2.24) is 0 Å². The van der Waals surface area contributed by atoms with Gasteiger partial charge in [-0.1, -0.05) is 45.7 Å². The maximum absolute atomic E-state index is 12.3. The van der Waals surface area contributed by atoms with Gasteiger partial charge in [-0.05, 0) is 61.0 Å². The van der Waals surface area contributed by atoms with Gasteiger partial charge < -0.3 is 14.6 Å². The average molecular weight is 415 g/mol. The zero-order chi connectivity index (χ0) is 21.4. The van der Waals surface area contributed by atoms with Gasteiger partial charge >= 0.3 is 5.97 Å². The number of benzene rings is 1. The molecule has 1 aromatic rings. The molecule has 4 unspecified atom stereocenters. The highest BCUT2D eigenvalue weighted by atomic mass is 16.5. The van der Waals surface area contributed by atoms with Crippen molar-refractivity contribution in [2.45, 2.75) is 83.8 Å². The molecule has 1 heterocycles. The summed E-state index contributed by atoms with van der Waals surface area (Å²) in [7, 11) is 1.47. The predicted molar refractivity (Wildman–Crippen MR) is 117 cm³/mol. The Kier molecular flexibility index (Phi) is 6.43. The largest absolute Gasteiger partial charge is 0.490 e. The molecule has 0 radical (unpaired) electrons. The van der Waals surface area contributed by atoms with E-state index in [9.17, 15) is 9.90 Å². The van der Waals surface area contributed by atoms with Crippen LogP contribution in [0.1, 0.15) is 88.9 Å². The number of hydrogen-bond donors (Lipinski definition) is 1. The summed E-state index contributed by atoms with van der Waals surface area (Å²) >= 11 is 0. The lowest BCUT2D eigenvalue weighted by Gasteiger charge is -2.38. The van der Waals surface area contributed by atoms with E-state index in [0.29, 0.717) is 30.1 Å². The molecule has 1 aromatic carbocycles. The van der Waals surface area contributed by atoms with Gasteiger partial charge in [0, 0.05) is 17.9 Å². The number of carbonyl (C=O) groups is 1. The fourth-order valence-corrected chi connectivity index (χ4v) is 6.44. The fourth-order valence-electron chi connectivity index (χ4n) is 6.44. The second-order valence-corrected chi connectivity index (χ2v) is 9.87. The summed E-state index contributed by atoms with van der Waals surface area (Å²) in [6.45, 7) is 6.55. The number of rotatable bonds is 7. The first kappa shape index (κ1) is 21.7. The molecule has 4 nitrogen and oxygen atoms in total. The molecule has 7 atom stereocenters. The van der Waals surface area contributed by atoms with Crippen LogP contribution in [-0.2, 0) is 9.53 Å². The molecule has 1 aliphatic heterocycles. The molecule has 2 saturated carbocycles. The van der Waals surface area contributed by atoms with Gasteiger partial charge in [0.05, 0.1) is 19.1 Å². The number of fused-ring (bicyclic) bond motifs is 1. The molecular formula is C26H38O4. The van der Waals surface area contributed by atoms with Crippen LogP contribution >= 0.6 is 0 Å². The fraction of sp³-hybridized carbons (Fsp3) is 0.731. The molecule has 0 amide bonds. The van der Waals surface area contributed by atoms with Gasteiger partial charge in [-0.2, -0.15) is 0 Å². The lowest BCUT2D eigenvalue weighted by Crippen LogP contribution is -2.37. The van der Waals surface area contributed by atoms with E-state index in [1.165, 1.54) is 32.8 Å². The van der Waals surface area contributed by atoms with E-state index in [2.05, 4.69) is 26.0 Å². The van der Waals surface area contributed by atoms with Crippen LogP contribution in [0.5, 0.6) is 5.75 Å². The summed E-state index contributed by atoms with van der Waals surface area (Å²) in [5.74, 6) is 3.10. The third kappa shape index (κ3) is 4.00. The Hall–Kier alpha value is -1.55. The Balaban J connectivity index is 1.62. The minimum absolute atomic E-state index is 0.0811. The molecule has 30 heavy (non-hydrogen) atoms. The molecule has 3 aliphatic rings. The highest BCUT2D eigenvalue weighted by molar-refractivity contribution is 5.73. The second-order valence-electron chi connectivity index (χ2n) is 9.87. The summed E-state index contributed by atoms with van der Waals surface area (Å²) in [5, 5.41) is 10.9. The molecule has 2 fully saturated rings. The van der Waals surface area contributed by atoms with E-state index < -0.39 is 6.10 Å². The van der Waals surface area contributed by atoms with Crippen molar-refractivity contribution in [3.8, 4) is 5.75 Å². The molecule has 0 aromatic heterocycles. The molecule has 0 bridgehead atoms. The van der Waals surface area contributed by atoms with E-state index >= 15 is 0 Å². The lowest BCUT2D eigenvalue weighted by molar-refractivity contribution is -0.145. The van der Waals surface area contributed by atoms with Crippen LogP contribution in [-0.4, -0.2) is 24.3 Å². The molecule has 0 saturated heterocycles. The van der Waals surface area contributed by atoms with Crippen LogP contribution in [0.2, 0.25) is 0 Å². The Labute approximate surface area is 181 Å². The smallest absolute Gasteiger partial charge is 0.309 e. The third-order valence-electron chi connectivity index (χ3n) is 8.23. The highest BCUT2D eigenvalue weighted by Crippen LogP contribution is 2.51. The van der Waals surface area contributed by atoms with Crippen molar-refractivity contribution in [2.75, 3.05) is 7.11 Å². The predicted octanol–water partition coefficient (Wildman–Crippen LogP) is 5.64. The first-order valence-electron chi connectivity index (χ1n) is 12.0. The minimum atomic E-state index is -0.471. The number of ether oxygens (including phenoxy) is 2. The first-order valence-corrected chi connectivity index (χ1v) is 12.0. The Morgan fingerprint density at radius 2 is 1.83 bits per heavy atom. The van der Waals surface area contributed by atoms with E-state index in [1.54, 1.807) is 0 Å². The van der Waals surface area contributed by atoms with Gasteiger partial charge in [-0.15, -0.1) is 0 Å². The Bertz CT molecular complexity index is 743. The van der Waals surface area contributed by atoms with Crippen LogP contribution < -0.4 is 4.74 Å². The Morgan fingerprint density at radius 3 is 2.40 bits per heavy atom. The van der Waals surface area contributed by atoms with Crippen molar-refractivity contribution in [3.63, 3.8) is 0 Å². The van der Waals surface area contributed by atoms with Crippen molar-refractivity contribution in [2.24, 2.45) is 29.6 Å². The molecule has 4 heteroatoms. The lowest BCUT2D eigenvalue weighted by atomic mass is 9.78. The molecule has 1 N–H and O–H groups in total. The number of aliphatic hydroxyl groups excluding tert-OH is 1. The van der Waals surface area contributed by atoms with Gasteiger partial charge in [0.15, 0.2) is 0 Å². The zero-order valence-electron chi connectivity index (χ0n) is 19.0. The van der Waals surface area contributed by atoms with E-state index in [4.69, 9.17) is 9.47 Å². The Morgan fingerprint density at radius 1 is 1.17 bits per heavy atom. The first-order chi connectivity index (χ1) is 14.5. The maximum Gasteiger partial charge on any atom is 0.309 e. The molecule has 0 spiro atoms. The van der Waals surface area contributed by atoms with Gasteiger partial charge in [-0.25, -0.2) is 0 Å². The standard InChI is InChI=1S/C26H38O4/c1-5-16-7-8-17(6-2)25(16)23-14-21(27)20-12-11-19(13-22(20)30-23)24(18-9-10-18)15(3)26(28)29-4/h11-13,15-18,21,23-25,27H,5-10,14H2,1-4H3/t15-,16-,17?,21?,23?,24-,25?/m0/s1. The highest BCUT2D eigenvalue weighted by Gasteiger charge is 2.44. The van der Waals surface area contributed by atoms with Crippen LogP contribution in [0.3, 0.4) is 0 Å². The van der Waals surface area contributed by atoms with Crippen LogP contribution in [0.4, 0.5) is 0 Å². The average Bonchev–Trinajstić information content (AvgIpc) is 3.49. The molecular weight excluding hydrogens is 376 g/mol. The summed E-state index contributed by atoms with van der Waals surface area (Å²) in [5.41, 5.74) is 2.04. The molecule has 4 rings (SSSR count). The zero-order valence-corrected chi connectivity index (χ0v) is 19.0. The van der Waals surface area contributed by atoms with E-state index in [-0.39, 0.29) is 23.9 Å². The van der Waals surface area contributed by atoms with Crippen LogP contribution in [0.25, 0.3) is 0 Å². The maximum atomic E-state index is 12.3. The third-order valence-corrected chi connectivity index (χ3v) is 8.23. The van der Waals surface area contributed by atoms with E-state index in [0.717, 1.165) is 29.7 Å². The normalized spacial score (nSPS) is 32.8. The summed E-state index contributed by atoms with van der Waals surface area (Å²) < 4.78 is 11.7. The number of hydrogen-bond acceptors (Lipinski definition) is 4. The molecule has 166 valence electrons. The minimum Gasteiger partial charge on any atom is -0.490 e. The SMILES string of the molecule is CCC1CC[C@H](CC)C1C1CC(O)c2ccc([C@H](C3CC3)[C@H](C)C(=O)OC)cc2O1.